The number of benzene rings is 3. The lowest BCUT2D eigenvalue weighted by molar-refractivity contribution is -0.117. The molecule has 0 aliphatic carbocycles. The second kappa shape index (κ2) is 12.6. The van der Waals surface area contributed by atoms with E-state index in [1.165, 1.54) is 0 Å². The number of rotatable bonds is 4. The molecule has 11 heteroatoms. The van der Waals surface area contributed by atoms with Gasteiger partial charge < -0.3 is 25.5 Å². The molecule has 3 aromatic carbocycles. The number of morpholine rings is 1. The highest BCUT2D eigenvalue weighted by atomic mass is 32.1. The fourth-order valence-electron chi connectivity index (χ4n) is 4.30. The van der Waals surface area contributed by atoms with E-state index in [4.69, 9.17) is 21.8 Å². The Kier molecular flexibility index (Phi) is 8.57. The number of para-hydroxylation sites is 1. The Labute approximate surface area is 235 Å². The van der Waals surface area contributed by atoms with Crippen molar-refractivity contribution in [1.29, 1.82) is 5.41 Å². The lowest BCUT2D eigenvalue weighted by Crippen LogP contribution is -2.36. The highest BCUT2D eigenvalue weighted by Crippen LogP contribution is 2.35. The van der Waals surface area contributed by atoms with Crippen LogP contribution in [0.2, 0.25) is 0 Å². The minimum absolute atomic E-state index is 0.116. The van der Waals surface area contributed by atoms with Crippen LogP contribution in [0.15, 0.2) is 89.9 Å². The lowest BCUT2D eigenvalue weighted by Gasteiger charge is -2.27. The van der Waals surface area contributed by atoms with Gasteiger partial charge in [0.05, 0.1) is 24.6 Å². The molecule has 40 heavy (non-hydrogen) atoms. The summed E-state index contributed by atoms with van der Waals surface area (Å²) in [6, 6.07) is 27.2. The predicted molar refractivity (Wildman–Crippen MR) is 158 cm³/mol. The number of aliphatic imine (C=N–C) groups is 1. The van der Waals surface area contributed by atoms with E-state index in [1.807, 2.05) is 84.9 Å². The van der Waals surface area contributed by atoms with Crippen LogP contribution in [0.5, 0.6) is 0 Å². The van der Waals surface area contributed by atoms with Crippen molar-refractivity contribution in [3.63, 3.8) is 0 Å². The Bertz CT molecular complexity index is 1500. The highest BCUT2D eigenvalue weighted by molar-refractivity contribution is 7.19. The van der Waals surface area contributed by atoms with Gasteiger partial charge in [-0.2, -0.15) is 5.90 Å². The van der Waals surface area contributed by atoms with E-state index < -0.39 is 6.17 Å². The molecular weight excluding hydrogens is 526 g/mol. The summed E-state index contributed by atoms with van der Waals surface area (Å²) >= 11 is 1.55. The van der Waals surface area contributed by atoms with Gasteiger partial charge in [0.1, 0.15) is 10.0 Å². The Morgan fingerprint density at radius 2 is 1.60 bits per heavy atom. The van der Waals surface area contributed by atoms with E-state index in [9.17, 15) is 4.79 Å². The van der Waals surface area contributed by atoms with Gasteiger partial charge in [0.25, 0.3) is 11.8 Å². The van der Waals surface area contributed by atoms with E-state index in [2.05, 4.69) is 25.0 Å². The van der Waals surface area contributed by atoms with Gasteiger partial charge in [-0.3, -0.25) is 15.2 Å². The Hall–Kier alpha value is -4.42. The monoisotopic (exact) mass is 555 g/mol. The average molecular weight is 556 g/mol. The fourth-order valence-corrected chi connectivity index (χ4v) is 5.42. The molecule has 6 N–H and O–H groups in total. The van der Waals surface area contributed by atoms with Crippen LogP contribution in [-0.4, -0.2) is 55.0 Å². The lowest BCUT2D eigenvalue weighted by atomic mass is 10.0. The van der Waals surface area contributed by atoms with Gasteiger partial charge in [-0.25, -0.2) is 4.98 Å². The number of amides is 1. The molecule has 1 unspecified atom stereocenters. The molecule has 1 saturated heterocycles. The highest BCUT2D eigenvalue weighted by Gasteiger charge is 2.24. The Balaban J connectivity index is 0.000000162. The molecular formula is C29H29N7O3S. The largest absolute Gasteiger partial charge is 0.389 e. The first-order chi connectivity index (χ1) is 19.5. The standard InChI is InChI=1S/C15H13N3O.C14H16N4O2S/c16-14-15(19)17-12-9-5-4-8-11(12)13(18-14)10-6-2-1-3-7-10;15-12(20-16)11-14(18-6-8-19-9-7-18)21-13(17-11)10-4-2-1-3-5-10/h1-9,14H,16H2,(H,17,19);1-5,15H,6-9,16H2. The predicted octanol–water partition coefficient (Wildman–Crippen LogP) is 3.62. The molecule has 6 rings (SSSR count). The molecule has 3 heterocycles. The van der Waals surface area contributed by atoms with Gasteiger partial charge in [0.15, 0.2) is 11.9 Å². The first kappa shape index (κ1) is 27.2. The van der Waals surface area contributed by atoms with E-state index in [-0.39, 0.29) is 11.8 Å². The quantitative estimate of drug-likeness (QED) is 0.170. The summed E-state index contributed by atoms with van der Waals surface area (Å²) < 4.78 is 5.37. The van der Waals surface area contributed by atoms with Crippen LogP contribution in [-0.2, 0) is 14.4 Å². The Morgan fingerprint density at radius 1 is 0.975 bits per heavy atom. The minimum Gasteiger partial charge on any atom is -0.389 e. The number of benzodiazepines with no additional fused rings is 1. The number of carbonyl (C=O) groups excluding carboxylic acids is 1. The zero-order chi connectivity index (χ0) is 27.9. The summed E-state index contributed by atoms with van der Waals surface area (Å²) in [4.78, 5) is 27.4. The first-order valence-electron chi connectivity index (χ1n) is 12.7. The van der Waals surface area contributed by atoms with Crippen LogP contribution in [0.1, 0.15) is 16.8 Å². The third-order valence-electron chi connectivity index (χ3n) is 6.29. The molecule has 0 saturated carbocycles. The number of anilines is 2. The van der Waals surface area contributed by atoms with Gasteiger partial charge in [0, 0.05) is 29.8 Å². The average Bonchev–Trinajstić information content (AvgIpc) is 3.42. The second-order valence-corrected chi connectivity index (χ2v) is 9.89. The number of carbonyl (C=O) groups is 1. The van der Waals surface area contributed by atoms with E-state index in [0.29, 0.717) is 18.9 Å². The first-order valence-corrected chi connectivity index (χ1v) is 13.5. The van der Waals surface area contributed by atoms with Gasteiger partial charge >= 0.3 is 0 Å². The number of hydrogen-bond donors (Lipinski definition) is 4. The molecule has 1 aromatic heterocycles. The van der Waals surface area contributed by atoms with Crippen molar-refractivity contribution in [3.05, 3.63) is 102 Å². The van der Waals surface area contributed by atoms with Crippen LogP contribution < -0.4 is 21.8 Å². The van der Waals surface area contributed by atoms with Crippen LogP contribution in [0.4, 0.5) is 10.7 Å². The van der Waals surface area contributed by atoms with Gasteiger partial charge in [0.2, 0.25) is 0 Å². The van der Waals surface area contributed by atoms with Crippen molar-refractivity contribution in [2.45, 2.75) is 6.17 Å². The SMILES string of the molecule is N=C(ON)c1nc(-c2ccccc2)sc1N1CCOCC1.NC1N=C(c2ccccc2)c2ccccc2NC1=O. The summed E-state index contributed by atoms with van der Waals surface area (Å²) in [6.07, 6.45) is -0.886. The molecule has 1 amide bonds. The molecule has 0 spiro atoms. The van der Waals surface area contributed by atoms with Crippen molar-refractivity contribution in [3.8, 4) is 10.6 Å². The summed E-state index contributed by atoms with van der Waals surface area (Å²) in [5, 5.41) is 12.4. The third-order valence-corrected chi connectivity index (χ3v) is 7.45. The maximum atomic E-state index is 11.8. The number of ether oxygens (including phenoxy) is 1. The molecule has 2 aliphatic heterocycles. The van der Waals surface area contributed by atoms with Crippen molar-refractivity contribution < 1.29 is 14.4 Å². The second-order valence-electron chi connectivity index (χ2n) is 8.91. The van der Waals surface area contributed by atoms with E-state index in [1.54, 1.807) is 11.3 Å². The fraction of sp³-hybridized carbons (Fsp3) is 0.172. The van der Waals surface area contributed by atoms with Crippen LogP contribution in [0.25, 0.3) is 10.6 Å². The maximum Gasteiger partial charge on any atom is 0.263 e. The van der Waals surface area contributed by atoms with Crippen molar-refractivity contribution in [2.75, 3.05) is 36.5 Å². The van der Waals surface area contributed by atoms with Crippen molar-refractivity contribution >= 4 is 39.5 Å². The molecule has 0 radical (unpaired) electrons. The molecule has 4 aromatic rings. The molecule has 204 valence electrons. The van der Waals surface area contributed by atoms with Crippen LogP contribution in [0.3, 0.4) is 0 Å². The maximum absolute atomic E-state index is 11.8. The molecule has 10 nitrogen and oxygen atoms in total. The topological polar surface area (TPSA) is 152 Å². The number of thiazole rings is 1. The van der Waals surface area contributed by atoms with Gasteiger partial charge in [-0.15, -0.1) is 0 Å². The number of fused-ring (bicyclic) bond motifs is 1. The number of nitrogens with two attached hydrogens (primary N) is 2. The van der Waals surface area contributed by atoms with E-state index in [0.717, 1.165) is 51.2 Å². The van der Waals surface area contributed by atoms with Crippen LogP contribution in [0, 0.1) is 5.41 Å². The Morgan fingerprint density at radius 3 is 2.27 bits per heavy atom. The smallest absolute Gasteiger partial charge is 0.263 e. The van der Waals surface area contributed by atoms with Crippen molar-refractivity contribution in [1.82, 2.24) is 4.98 Å². The number of nitrogens with one attached hydrogen (secondary N) is 2. The normalized spacial score (nSPS) is 16.4. The number of aromatic nitrogens is 1. The minimum atomic E-state index is -0.886. The van der Waals surface area contributed by atoms with E-state index >= 15 is 0 Å². The number of hydrogen-bond acceptors (Lipinski definition) is 10. The summed E-state index contributed by atoms with van der Waals surface area (Å²) in [5.41, 5.74) is 10.6. The summed E-state index contributed by atoms with van der Waals surface area (Å²) in [6.45, 7) is 2.91. The van der Waals surface area contributed by atoms with Crippen LogP contribution >= 0.6 is 11.3 Å². The zero-order valence-electron chi connectivity index (χ0n) is 21.6. The molecule has 2 aliphatic rings. The molecule has 1 fully saturated rings. The zero-order valence-corrected chi connectivity index (χ0v) is 22.4. The van der Waals surface area contributed by atoms with Gasteiger partial charge in [-0.05, 0) is 6.07 Å². The summed E-state index contributed by atoms with van der Waals surface area (Å²) in [5.74, 6) is 4.74. The van der Waals surface area contributed by atoms with Crippen molar-refractivity contribution in [2.24, 2.45) is 16.6 Å². The molecule has 0 bridgehead atoms. The van der Waals surface area contributed by atoms with Gasteiger partial charge in [-0.1, -0.05) is 90.2 Å². The summed E-state index contributed by atoms with van der Waals surface area (Å²) in [7, 11) is 0. The molecule has 1 atom stereocenters. The third kappa shape index (κ3) is 6.08. The number of nitrogens with zero attached hydrogens (tertiary/aromatic N) is 3.